The summed E-state index contributed by atoms with van der Waals surface area (Å²) in [5, 5.41) is 4.10. The van der Waals surface area contributed by atoms with Crippen LogP contribution in [-0.2, 0) is 0 Å². The molecular weight excluding hydrogens is 248 g/mol. The first-order valence-corrected chi connectivity index (χ1v) is 7.20. The number of anilines is 1. The van der Waals surface area contributed by atoms with Crippen LogP contribution in [-0.4, -0.2) is 35.1 Å². The summed E-state index contributed by atoms with van der Waals surface area (Å²) < 4.78 is 0. The molecule has 0 aromatic carbocycles. The molecule has 2 saturated heterocycles. The van der Waals surface area contributed by atoms with Crippen molar-refractivity contribution >= 4 is 17.4 Å². The van der Waals surface area contributed by atoms with Crippen LogP contribution in [0.15, 0.2) is 12.4 Å². The minimum atomic E-state index is 0.483. The van der Waals surface area contributed by atoms with Gasteiger partial charge >= 0.3 is 0 Å². The minimum Gasteiger partial charge on any atom is -0.351 e. The van der Waals surface area contributed by atoms with Crippen molar-refractivity contribution in [2.24, 2.45) is 0 Å². The Morgan fingerprint density at radius 2 is 2.17 bits per heavy atom. The third kappa shape index (κ3) is 2.45. The number of hydrogen-bond donors (Lipinski definition) is 1. The first kappa shape index (κ1) is 12.2. The Bertz CT molecular complexity index is 406. The van der Waals surface area contributed by atoms with E-state index in [2.05, 4.69) is 20.2 Å². The summed E-state index contributed by atoms with van der Waals surface area (Å²) in [6.07, 6.45) is 9.78. The van der Waals surface area contributed by atoms with Crippen LogP contribution in [0.2, 0.25) is 5.15 Å². The fourth-order valence-corrected chi connectivity index (χ4v) is 3.31. The van der Waals surface area contributed by atoms with Crippen LogP contribution in [0.25, 0.3) is 0 Å². The Balaban J connectivity index is 1.82. The molecule has 2 unspecified atom stereocenters. The topological polar surface area (TPSA) is 41.1 Å². The van der Waals surface area contributed by atoms with Crippen LogP contribution < -0.4 is 10.2 Å². The van der Waals surface area contributed by atoms with E-state index in [-0.39, 0.29) is 0 Å². The highest BCUT2D eigenvalue weighted by molar-refractivity contribution is 6.29. The molecule has 0 aliphatic carbocycles. The summed E-state index contributed by atoms with van der Waals surface area (Å²) in [7, 11) is 0. The molecule has 18 heavy (non-hydrogen) atoms. The molecule has 1 N–H and O–H groups in total. The number of nitrogens with one attached hydrogen (secondary N) is 1. The second kappa shape index (κ2) is 5.41. The zero-order valence-corrected chi connectivity index (χ0v) is 11.2. The highest BCUT2D eigenvalue weighted by Gasteiger charge is 2.32. The fourth-order valence-electron chi connectivity index (χ4n) is 3.17. The first-order chi connectivity index (χ1) is 8.84. The Morgan fingerprint density at radius 1 is 1.22 bits per heavy atom. The summed E-state index contributed by atoms with van der Waals surface area (Å²) in [6, 6.07) is 1.15. The smallest absolute Gasteiger partial charge is 0.149 e. The van der Waals surface area contributed by atoms with Crippen LogP contribution in [0.1, 0.15) is 32.1 Å². The summed E-state index contributed by atoms with van der Waals surface area (Å²) in [4.78, 5) is 11.0. The van der Waals surface area contributed by atoms with Gasteiger partial charge in [0.25, 0.3) is 0 Å². The van der Waals surface area contributed by atoms with Gasteiger partial charge in [-0.25, -0.2) is 4.98 Å². The Labute approximate surface area is 113 Å². The SMILES string of the molecule is Clc1cncc(N2CCCCC2C2CCCN2)n1. The van der Waals surface area contributed by atoms with Gasteiger partial charge in [-0.1, -0.05) is 11.6 Å². The molecule has 2 aliphatic rings. The van der Waals surface area contributed by atoms with Gasteiger partial charge in [0, 0.05) is 18.6 Å². The molecule has 0 saturated carbocycles. The lowest BCUT2D eigenvalue weighted by molar-refractivity contribution is 0.376. The van der Waals surface area contributed by atoms with E-state index in [1.165, 1.54) is 32.1 Å². The molecule has 2 aliphatic heterocycles. The predicted octanol–water partition coefficient (Wildman–Crippen LogP) is 2.24. The van der Waals surface area contributed by atoms with E-state index in [9.17, 15) is 0 Å². The predicted molar refractivity (Wildman–Crippen MR) is 73.1 cm³/mol. The Kier molecular flexibility index (Phi) is 3.66. The lowest BCUT2D eigenvalue weighted by atomic mass is 9.94. The summed E-state index contributed by atoms with van der Waals surface area (Å²) in [5.74, 6) is 0.931. The third-order valence-electron chi connectivity index (χ3n) is 4.00. The highest BCUT2D eigenvalue weighted by Crippen LogP contribution is 2.28. The largest absolute Gasteiger partial charge is 0.351 e. The van der Waals surface area contributed by atoms with Crippen molar-refractivity contribution in [1.29, 1.82) is 0 Å². The van der Waals surface area contributed by atoms with Crippen molar-refractivity contribution in [2.45, 2.75) is 44.2 Å². The van der Waals surface area contributed by atoms with E-state index < -0.39 is 0 Å². The van der Waals surface area contributed by atoms with Gasteiger partial charge < -0.3 is 10.2 Å². The molecule has 0 radical (unpaired) electrons. The van der Waals surface area contributed by atoms with Gasteiger partial charge in [0.2, 0.25) is 0 Å². The maximum Gasteiger partial charge on any atom is 0.149 e. The van der Waals surface area contributed by atoms with Crippen LogP contribution >= 0.6 is 11.6 Å². The lowest BCUT2D eigenvalue weighted by Crippen LogP contribution is -2.50. The van der Waals surface area contributed by atoms with Gasteiger partial charge in [-0.3, -0.25) is 4.98 Å². The number of hydrogen-bond acceptors (Lipinski definition) is 4. The summed E-state index contributed by atoms with van der Waals surface area (Å²) in [5.41, 5.74) is 0. The van der Waals surface area contributed by atoms with E-state index in [4.69, 9.17) is 11.6 Å². The van der Waals surface area contributed by atoms with Crippen LogP contribution in [0.3, 0.4) is 0 Å². The van der Waals surface area contributed by atoms with Gasteiger partial charge in [-0.15, -0.1) is 0 Å². The lowest BCUT2D eigenvalue weighted by Gasteiger charge is -2.40. The molecule has 1 aromatic heterocycles. The molecule has 1 aromatic rings. The monoisotopic (exact) mass is 266 g/mol. The van der Waals surface area contributed by atoms with E-state index in [1.54, 1.807) is 6.20 Å². The van der Waals surface area contributed by atoms with Crippen LogP contribution in [0.5, 0.6) is 0 Å². The van der Waals surface area contributed by atoms with Crippen molar-refractivity contribution in [3.05, 3.63) is 17.5 Å². The fraction of sp³-hybridized carbons (Fsp3) is 0.692. The average molecular weight is 267 g/mol. The Hall–Kier alpha value is -0.870. The molecule has 0 amide bonds. The van der Waals surface area contributed by atoms with Gasteiger partial charge in [-0.2, -0.15) is 0 Å². The standard InChI is InChI=1S/C13H19ClN4/c14-12-8-15-9-13(17-12)18-7-2-1-5-11(18)10-4-3-6-16-10/h8-11,16H,1-7H2. The first-order valence-electron chi connectivity index (χ1n) is 6.82. The summed E-state index contributed by atoms with van der Waals surface area (Å²) in [6.45, 7) is 2.22. The van der Waals surface area contributed by atoms with E-state index in [0.717, 1.165) is 18.9 Å². The molecule has 4 nitrogen and oxygen atoms in total. The van der Waals surface area contributed by atoms with Crippen LogP contribution in [0, 0.1) is 0 Å². The number of rotatable bonds is 2. The molecule has 3 heterocycles. The zero-order chi connectivity index (χ0) is 12.4. The van der Waals surface area contributed by atoms with Crippen molar-refractivity contribution in [1.82, 2.24) is 15.3 Å². The Morgan fingerprint density at radius 3 is 2.94 bits per heavy atom. The molecule has 3 rings (SSSR count). The number of aromatic nitrogens is 2. The van der Waals surface area contributed by atoms with Gasteiger partial charge in [0.1, 0.15) is 11.0 Å². The second-order valence-electron chi connectivity index (χ2n) is 5.16. The molecule has 0 bridgehead atoms. The normalized spacial score (nSPS) is 28.6. The van der Waals surface area contributed by atoms with Crippen molar-refractivity contribution in [3.63, 3.8) is 0 Å². The van der Waals surface area contributed by atoms with Gasteiger partial charge in [0.15, 0.2) is 0 Å². The van der Waals surface area contributed by atoms with Crippen molar-refractivity contribution in [3.8, 4) is 0 Å². The molecular formula is C13H19ClN4. The average Bonchev–Trinajstić information content (AvgIpc) is 2.92. The summed E-state index contributed by atoms with van der Waals surface area (Å²) >= 11 is 5.96. The number of halogens is 1. The van der Waals surface area contributed by atoms with E-state index >= 15 is 0 Å². The molecule has 2 fully saturated rings. The maximum atomic E-state index is 5.96. The van der Waals surface area contributed by atoms with E-state index in [0.29, 0.717) is 17.2 Å². The number of nitrogens with zero attached hydrogens (tertiary/aromatic N) is 3. The number of piperidine rings is 1. The third-order valence-corrected chi connectivity index (χ3v) is 4.18. The zero-order valence-electron chi connectivity index (χ0n) is 10.5. The van der Waals surface area contributed by atoms with Crippen molar-refractivity contribution in [2.75, 3.05) is 18.0 Å². The van der Waals surface area contributed by atoms with Crippen molar-refractivity contribution < 1.29 is 0 Å². The quantitative estimate of drug-likeness (QED) is 0.891. The maximum absolute atomic E-state index is 5.96. The molecule has 5 heteroatoms. The van der Waals surface area contributed by atoms with Crippen LogP contribution in [0.4, 0.5) is 5.82 Å². The molecule has 0 spiro atoms. The van der Waals surface area contributed by atoms with Gasteiger partial charge in [-0.05, 0) is 38.6 Å². The van der Waals surface area contributed by atoms with Gasteiger partial charge in [0.05, 0.1) is 12.4 Å². The minimum absolute atomic E-state index is 0.483. The molecule has 2 atom stereocenters. The second-order valence-corrected chi connectivity index (χ2v) is 5.55. The molecule has 98 valence electrons. The highest BCUT2D eigenvalue weighted by atomic mass is 35.5. The van der Waals surface area contributed by atoms with E-state index in [1.807, 2.05) is 6.20 Å².